The van der Waals surface area contributed by atoms with Crippen molar-refractivity contribution in [2.45, 2.75) is 20.0 Å². The van der Waals surface area contributed by atoms with Crippen LogP contribution in [0, 0.1) is 0 Å². The standard InChI is InChI=1S/C12H13ClO3/c1-8(2)16-10-5-3-9(4-6-10)11(13)7-12(14)15/h3-8H,1-2H3,(H,14,15)/b11-7-. The summed E-state index contributed by atoms with van der Waals surface area (Å²) < 4.78 is 5.45. The fourth-order valence-electron chi connectivity index (χ4n) is 1.16. The molecule has 0 aromatic heterocycles. The van der Waals surface area contributed by atoms with E-state index in [4.69, 9.17) is 21.4 Å². The van der Waals surface area contributed by atoms with Crippen molar-refractivity contribution < 1.29 is 14.6 Å². The smallest absolute Gasteiger partial charge is 0.329 e. The van der Waals surface area contributed by atoms with Gasteiger partial charge in [0, 0.05) is 6.08 Å². The summed E-state index contributed by atoms with van der Waals surface area (Å²) in [5.41, 5.74) is 0.653. The van der Waals surface area contributed by atoms with Gasteiger partial charge >= 0.3 is 5.97 Å². The number of hydrogen-bond acceptors (Lipinski definition) is 2. The molecule has 1 rings (SSSR count). The van der Waals surface area contributed by atoms with Gasteiger partial charge in [0.25, 0.3) is 0 Å². The lowest BCUT2D eigenvalue weighted by Crippen LogP contribution is -2.05. The number of ether oxygens (including phenoxy) is 1. The molecule has 16 heavy (non-hydrogen) atoms. The van der Waals surface area contributed by atoms with E-state index in [0.717, 1.165) is 11.8 Å². The Morgan fingerprint density at radius 2 is 1.94 bits per heavy atom. The minimum absolute atomic E-state index is 0.107. The van der Waals surface area contributed by atoms with Crippen molar-refractivity contribution in [3.8, 4) is 5.75 Å². The Morgan fingerprint density at radius 1 is 1.38 bits per heavy atom. The molecule has 0 unspecified atom stereocenters. The second-order valence-corrected chi connectivity index (χ2v) is 3.93. The largest absolute Gasteiger partial charge is 0.491 e. The summed E-state index contributed by atoms with van der Waals surface area (Å²) in [5, 5.41) is 8.73. The van der Waals surface area contributed by atoms with E-state index >= 15 is 0 Å². The summed E-state index contributed by atoms with van der Waals surface area (Å²) in [7, 11) is 0. The molecule has 0 heterocycles. The molecule has 1 N–H and O–H groups in total. The molecule has 0 saturated carbocycles. The predicted octanol–water partition coefficient (Wildman–Crippen LogP) is 3.14. The molecule has 86 valence electrons. The van der Waals surface area contributed by atoms with E-state index in [0.29, 0.717) is 5.56 Å². The van der Waals surface area contributed by atoms with Crippen LogP contribution < -0.4 is 4.74 Å². The molecule has 0 aliphatic rings. The Kier molecular flexibility index (Phi) is 4.38. The van der Waals surface area contributed by atoms with E-state index < -0.39 is 5.97 Å². The summed E-state index contributed by atoms with van der Waals surface area (Å²) >= 11 is 5.80. The average molecular weight is 241 g/mol. The zero-order chi connectivity index (χ0) is 12.1. The van der Waals surface area contributed by atoms with Crippen LogP contribution in [-0.2, 0) is 4.79 Å². The van der Waals surface area contributed by atoms with Crippen LogP contribution in [0.2, 0.25) is 0 Å². The van der Waals surface area contributed by atoms with E-state index in [-0.39, 0.29) is 11.1 Å². The molecule has 0 fully saturated rings. The SMILES string of the molecule is CC(C)Oc1ccc(/C(Cl)=C/C(=O)O)cc1. The van der Waals surface area contributed by atoms with Crippen molar-refractivity contribution >= 4 is 22.6 Å². The van der Waals surface area contributed by atoms with Gasteiger partial charge in [-0.25, -0.2) is 4.79 Å². The Balaban J connectivity index is 2.82. The monoisotopic (exact) mass is 240 g/mol. The third kappa shape index (κ3) is 3.95. The highest BCUT2D eigenvalue weighted by Gasteiger charge is 2.02. The Hall–Kier alpha value is -1.48. The summed E-state index contributed by atoms with van der Waals surface area (Å²) in [6.45, 7) is 3.87. The van der Waals surface area contributed by atoms with Gasteiger partial charge in [-0.2, -0.15) is 0 Å². The molecule has 0 bridgehead atoms. The van der Waals surface area contributed by atoms with Crippen LogP contribution in [0.1, 0.15) is 19.4 Å². The third-order valence-electron chi connectivity index (χ3n) is 1.75. The molecule has 3 nitrogen and oxygen atoms in total. The molecule has 0 spiro atoms. The first-order valence-corrected chi connectivity index (χ1v) is 5.24. The first-order valence-electron chi connectivity index (χ1n) is 4.86. The van der Waals surface area contributed by atoms with Gasteiger partial charge in [-0.05, 0) is 43.7 Å². The van der Waals surface area contributed by atoms with Crippen LogP contribution in [-0.4, -0.2) is 17.2 Å². The lowest BCUT2D eigenvalue weighted by Gasteiger charge is -2.09. The second-order valence-electron chi connectivity index (χ2n) is 3.52. The lowest BCUT2D eigenvalue weighted by molar-refractivity contribution is -0.131. The number of halogens is 1. The number of hydrogen-bond donors (Lipinski definition) is 1. The highest BCUT2D eigenvalue weighted by molar-refractivity contribution is 6.50. The van der Waals surface area contributed by atoms with Crippen LogP contribution in [0.4, 0.5) is 0 Å². The summed E-state index contributed by atoms with van der Waals surface area (Å²) in [5.74, 6) is -0.328. The van der Waals surface area contributed by atoms with Gasteiger partial charge in [0.1, 0.15) is 5.75 Å². The van der Waals surface area contributed by atoms with Crippen LogP contribution in [0.3, 0.4) is 0 Å². The van der Waals surface area contributed by atoms with Gasteiger partial charge in [0.15, 0.2) is 0 Å². The molecule has 0 aliphatic heterocycles. The molecule has 0 radical (unpaired) electrons. The molecule has 0 amide bonds. The second kappa shape index (κ2) is 5.56. The minimum atomic E-state index is -1.06. The van der Waals surface area contributed by atoms with Crippen molar-refractivity contribution in [1.29, 1.82) is 0 Å². The van der Waals surface area contributed by atoms with Crippen molar-refractivity contribution in [3.05, 3.63) is 35.9 Å². The fraction of sp³-hybridized carbons (Fsp3) is 0.250. The van der Waals surface area contributed by atoms with Gasteiger partial charge < -0.3 is 9.84 Å². The van der Waals surface area contributed by atoms with Crippen molar-refractivity contribution in [2.24, 2.45) is 0 Å². The van der Waals surface area contributed by atoms with Crippen molar-refractivity contribution in [2.75, 3.05) is 0 Å². The Morgan fingerprint density at radius 3 is 2.38 bits per heavy atom. The molecule has 0 saturated heterocycles. The first-order chi connectivity index (χ1) is 7.49. The van der Waals surface area contributed by atoms with Crippen molar-refractivity contribution in [1.82, 2.24) is 0 Å². The van der Waals surface area contributed by atoms with E-state index in [1.807, 2.05) is 13.8 Å². The lowest BCUT2D eigenvalue weighted by atomic mass is 10.2. The highest BCUT2D eigenvalue weighted by Crippen LogP contribution is 2.22. The molecular weight excluding hydrogens is 228 g/mol. The topological polar surface area (TPSA) is 46.5 Å². The summed E-state index contributed by atoms with van der Waals surface area (Å²) in [4.78, 5) is 10.4. The quantitative estimate of drug-likeness (QED) is 0.823. The van der Waals surface area contributed by atoms with Crippen LogP contribution in [0.25, 0.3) is 5.03 Å². The van der Waals surface area contributed by atoms with E-state index in [1.165, 1.54) is 0 Å². The van der Waals surface area contributed by atoms with Gasteiger partial charge in [0.2, 0.25) is 0 Å². The van der Waals surface area contributed by atoms with Crippen LogP contribution >= 0.6 is 11.6 Å². The number of carbonyl (C=O) groups is 1. The maximum atomic E-state index is 10.4. The fourth-order valence-corrected chi connectivity index (χ4v) is 1.38. The molecular formula is C12H13ClO3. The number of aliphatic carboxylic acids is 1. The molecule has 1 aromatic carbocycles. The normalized spacial score (nSPS) is 11.6. The van der Waals surface area contributed by atoms with E-state index in [2.05, 4.69) is 0 Å². The zero-order valence-corrected chi connectivity index (χ0v) is 9.86. The van der Waals surface area contributed by atoms with Crippen molar-refractivity contribution in [3.63, 3.8) is 0 Å². The first kappa shape index (κ1) is 12.6. The van der Waals surface area contributed by atoms with E-state index in [9.17, 15) is 4.79 Å². The highest BCUT2D eigenvalue weighted by atomic mass is 35.5. The minimum Gasteiger partial charge on any atom is -0.491 e. The molecule has 1 aromatic rings. The van der Waals surface area contributed by atoms with Crippen LogP contribution in [0.5, 0.6) is 5.75 Å². The maximum absolute atomic E-state index is 10.4. The number of rotatable bonds is 4. The Labute approximate surface area is 99.3 Å². The van der Waals surface area contributed by atoms with Crippen LogP contribution in [0.15, 0.2) is 30.3 Å². The maximum Gasteiger partial charge on any atom is 0.329 e. The predicted molar refractivity (Wildman–Crippen MR) is 63.7 cm³/mol. The number of benzene rings is 1. The Bertz CT molecular complexity index is 393. The van der Waals surface area contributed by atoms with Gasteiger partial charge in [0.05, 0.1) is 11.1 Å². The van der Waals surface area contributed by atoms with Gasteiger partial charge in [-0.15, -0.1) is 0 Å². The number of carboxylic acid groups (broad SMARTS) is 1. The van der Waals surface area contributed by atoms with Gasteiger partial charge in [-0.1, -0.05) is 11.6 Å². The van der Waals surface area contributed by atoms with Gasteiger partial charge in [-0.3, -0.25) is 0 Å². The molecule has 0 aliphatic carbocycles. The summed E-state index contributed by atoms with van der Waals surface area (Å²) in [6.07, 6.45) is 1.07. The molecule has 0 atom stereocenters. The molecule has 4 heteroatoms. The zero-order valence-electron chi connectivity index (χ0n) is 9.11. The number of carboxylic acids is 1. The average Bonchev–Trinajstić information content (AvgIpc) is 2.16. The summed E-state index contributed by atoms with van der Waals surface area (Å²) in [6, 6.07) is 6.96. The third-order valence-corrected chi connectivity index (χ3v) is 2.08. The van der Waals surface area contributed by atoms with E-state index in [1.54, 1.807) is 24.3 Å².